The first kappa shape index (κ1) is 27.3. The van der Waals surface area contributed by atoms with E-state index < -0.39 is 23.9 Å². The summed E-state index contributed by atoms with van der Waals surface area (Å²) >= 11 is 0. The maximum atomic E-state index is 12.2. The van der Waals surface area contributed by atoms with Crippen molar-refractivity contribution in [1.82, 2.24) is 16.0 Å². The van der Waals surface area contributed by atoms with Gasteiger partial charge in [-0.3, -0.25) is 9.59 Å². The van der Waals surface area contributed by atoms with E-state index in [1.54, 1.807) is 0 Å². The van der Waals surface area contributed by atoms with Gasteiger partial charge >= 0.3 is 12.1 Å². The van der Waals surface area contributed by atoms with E-state index in [0.29, 0.717) is 0 Å². The number of esters is 1. The highest BCUT2D eigenvalue weighted by Crippen LogP contribution is 2.44. The third-order valence-electron chi connectivity index (χ3n) is 6.02. The van der Waals surface area contributed by atoms with Crippen molar-refractivity contribution in [3.05, 3.63) is 95.6 Å². The standard InChI is InChI=1S/C29H29N3O7/c33-26(30-14-27(34)32-19-37-18-28(35)38-16-20-8-2-1-3-9-20)15-31-29(36)39-17-25-23-12-6-4-10-21(23)22-11-5-7-13-24(22)25/h1-13,25H,14-19H2,(H,30,33)(H,31,36)(H,32,34). The molecule has 0 saturated carbocycles. The summed E-state index contributed by atoms with van der Waals surface area (Å²) < 4.78 is 15.5. The quantitative estimate of drug-likeness (QED) is 0.186. The summed E-state index contributed by atoms with van der Waals surface area (Å²) in [4.78, 5) is 47.7. The minimum Gasteiger partial charge on any atom is -0.459 e. The Kier molecular flexibility index (Phi) is 9.63. The number of ether oxygens (including phenoxy) is 3. The summed E-state index contributed by atoms with van der Waals surface area (Å²) in [6.45, 7) is -0.980. The molecule has 0 saturated heterocycles. The lowest BCUT2D eigenvalue weighted by Crippen LogP contribution is -2.42. The molecule has 39 heavy (non-hydrogen) atoms. The van der Waals surface area contributed by atoms with Crippen molar-refractivity contribution in [2.24, 2.45) is 0 Å². The van der Waals surface area contributed by atoms with Crippen LogP contribution in [0.15, 0.2) is 78.9 Å². The van der Waals surface area contributed by atoms with Gasteiger partial charge in [-0.2, -0.15) is 0 Å². The molecular formula is C29H29N3O7. The van der Waals surface area contributed by atoms with Crippen molar-refractivity contribution in [3.8, 4) is 11.1 Å². The summed E-state index contributed by atoms with van der Waals surface area (Å²) in [5.41, 5.74) is 5.26. The fraction of sp³-hybridized carbons (Fsp3) is 0.241. The van der Waals surface area contributed by atoms with E-state index in [4.69, 9.17) is 14.2 Å². The van der Waals surface area contributed by atoms with E-state index in [1.165, 1.54) is 0 Å². The van der Waals surface area contributed by atoms with Crippen molar-refractivity contribution in [2.75, 3.05) is 33.0 Å². The summed E-state index contributed by atoms with van der Waals surface area (Å²) in [6, 6.07) is 25.2. The van der Waals surface area contributed by atoms with Crippen LogP contribution < -0.4 is 16.0 Å². The summed E-state index contributed by atoms with van der Waals surface area (Å²) in [5, 5.41) is 7.17. The molecule has 0 spiro atoms. The molecular weight excluding hydrogens is 502 g/mol. The van der Waals surface area contributed by atoms with Gasteiger partial charge in [-0.15, -0.1) is 0 Å². The zero-order chi connectivity index (χ0) is 27.5. The molecule has 3 aromatic rings. The van der Waals surface area contributed by atoms with Gasteiger partial charge in [0.15, 0.2) is 0 Å². The monoisotopic (exact) mass is 531 g/mol. The largest absolute Gasteiger partial charge is 0.459 e. The first-order chi connectivity index (χ1) is 19.0. The number of alkyl carbamates (subject to hydrolysis) is 1. The third kappa shape index (κ3) is 7.89. The molecule has 10 heteroatoms. The molecule has 0 heterocycles. The van der Waals surface area contributed by atoms with Crippen molar-refractivity contribution in [2.45, 2.75) is 12.5 Å². The van der Waals surface area contributed by atoms with Crippen molar-refractivity contribution >= 4 is 23.9 Å². The number of hydrogen-bond acceptors (Lipinski definition) is 7. The molecule has 1 aliphatic carbocycles. The molecule has 4 rings (SSSR count). The zero-order valence-electron chi connectivity index (χ0n) is 21.2. The predicted octanol–water partition coefficient (Wildman–Crippen LogP) is 2.47. The molecule has 0 unspecified atom stereocenters. The lowest BCUT2D eigenvalue weighted by molar-refractivity contribution is -0.151. The number of amides is 3. The number of nitrogens with one attached hydrogen (secondary N) is 3. The maximum Gasteiger partial charge on any atom is 0.407 e. The molecule has 3 N–H and O–H groups in total. The molecule has 202 valence electrons. The third-order valence-corrected chi connectivity index (χ3v) is 6.02. The van der Waals surface area contributed by atoms with Gasteiger partial charge in [0.25, 0.3) is 0 Å². The summed E-state index contributed by atoms with van der Waals surface area (Å²) in [7, 11) is 0. The number of fused-ring (bicyclic) bond motifs is 3. The Labute approximate surface area is 225 Å². The molecule has 0 fully saturated rings. The summed E-state index contributed by atoms with van der Waals surface area (Å²) in [6.07, 6.45) is -0.732. The molecule has 3 aromatic carbocycles. The Balaban J connectivity index is 1.07. The van der Waals surface area contributed by atoms with Crippen LogP contribution >= 0.6 is 0 Å². The fourth-order valence-electron chi connectivity index (χ4n) is 4.15. The number of hydrogen-bond donors (Lipinski definition) is 3. The fourth-order valence-corrected chi connectivity index (χ4v) is 4.15. The van der Waals surface area contributed by atoms with E-state index in [2.05, 4.69) is 16.0 Å². The number of rotatable bonds is 12. The predicted molar refractivity (Wildman–Crippen MR) is 141 cm³/mol. The van der Waals surface area contributed by atoms with Gasteiger partial charge in [-0.05, 0) is 27.8 Å². The van der Waals surface area contributed by atoms with E-state index in [1.807, 2.05) is 78.9 Å². The van der Waals surface area contributed by atoms with Crippen molar-refractivity contribution in [1.29, 1.82) is 0 Å². The lowest BCUT2D eigenvalue weighted by Gasteiger charge is -2.14. The minimum absolute atomic E-state index is 0.0893. The number of benzene rings is 3. The lowest BCUT2D eigenvalue weighted by atomic mass is 9.98. The smallest absolute Gasteiger partial charge is 0.407 e. The van der Waals surface area contributed by atoms with Gasteiger partial charge in [-0.25, -0.2) is 9.59 Å². The van der Waals surface area contributed by atoms with E-state index in [0.717, 1.165) is 27.8 Å². The Morgan fingerprint density at radius 1 is 0.667 bits per heavy atom. The number of carbonyl (C=O) groups is 4. The first-order valence-corrected chi connectivity index (χ1v) is 12.4. The Hall–Kier alpha value is -4.70. The van der Waals surface area contributed by atoms with E-state index >= 15 is 0 Å². The van der Waals surface area contributed by atoms with Crippen LogP contribution in [0, 0.1) is 0 Å². The van der Waals surface area contributed by atoms with Gasteiger partial charge in [0, 0.05) is 5.92 Å². The van der Waals surface area contributed by atoms with Crippen LogP contribution in [-0.2, 0) is 35.2 Å². The highest BCUT2D eigenvalue weighted by molar-refractivity contribution is 5.87. The van der Waals surface area contributed by atoms with Gasteiger partial charge < -0.3 is 30.2 Å². The van der Waals surface area contributed by atoms with Gasteiger partial charge in [0.05, 0.1) is 6.54 Å². The van der Waals surface area contributed by atoms with Crippen LogP contribution in [0.2, 0.25) is 0 Å². The van der Waals surface area contributed by atoms with Gasteiger partial charge in [0.2, 0.25) is 11.8 Å². The molecule has 0 bridgehead atoms. The molecule has 0 atom stereocenters. The SMILES string of the molecule is O=C(CNC(=O)CNC(=O)OCC1c2ccccc2-c2ccccc21)NCOCC(=O)OCc1ccccc1. The average molecular weight is 532 g/mol. The van der Waals surface area contributed by atoms with Crippen LogP contribution in [-0.4, -0.2) is 56.9 Å². The average Bonchev–Trinajstić information content (AvgIpc) is 3.29. The highest BCUT2D eigenvalue weighted by Gasteiger charge is 2.29. The number of carbonyl (C=O) groups excluding carboxylic acids is 4. The van der Waals surface area contributed by atoms with Gasteiger partial charge in [0.1, 0.15) is 33.1 Å². The van der Waals surface area contributed by atoms with Crippen LogP contribution in [0.4, 0.5) is 4.79 Å². The Bertz CT molecular complexity index is 1270. The van der Waals surface area contributed by atoms with Crippen molar-refractivity contribution in [3.63, 3.8) is 0 Å². The molecule has 0 aromatic heterocycles. The van der Waals surface area contributed by atoms with Crippen LogP contribution in [0.25, 0.3) is 11.1 Å². The minimum atomic E-state index is -0.732. The Morgan fingerprint density at radius 2 is 1.26 bits per heavy atom. The molecule has 1 aliphatic rings. The second-order valence-corrected chi connectivity index (χ2v) is 8.69. The molecule has 0 radical (unpaired) electrons. The molecule has 0 aliphatic heterocycles. The highest BCUT2D eigenvalue weighted by atomic mass is 16.6. The molecule has 3 amide bonds. The maximum absolute atomic E-state index is 12.2. The van der Waals surface area contributed by atoms with Crippen LogP contribution in [0.1, 0.15) is 22.6 Å². The second-order valence-electron chi connectivity index (χ2n) is 8.69. The Morgan fingerprint density at radius 3 is 1.95 bits per heavy atom. The van der Waals surface area contributed by atoms with Crippen molar-refractivity contribution < 1.29 is 33.4 Å². The van der Waals surface area contributed by atoms with Crippen LogP contribution in [0.5, 0.6) is 0 Å². The van der Waals surface area contributed by atoms with E-state index in [9.17, 15) is 19.2 Å². The van der Waals surface area contributed by atoms with Crippen LogP contribution in [0.3, 0.4) is 0 Å². The van der Waals surface area contributed by atoms with Gasteiger partial charge in [-0.1, -0.05) is 78.9 Å². The first-order valence-electron chi connectivity index (χ1n) is 12.4. The topological polar surface area (TPSA) is 132 Å². The molecule has 10 nitrogen and oxygen atoms in total. The zero-order valence-corrected chi connectivity index (χ0v) is 21.2. The second kappa shape index (κ2) is 13.7. The summed E-state index contributed by atoms with van der Waals surface area (Å²) in [5.74, 6) is -1.75. The normalized spacial score (nSPS) is 11.6. The van der Waals surface area contributed by atoms with E-state index in [-0.39, 0.29) is 45.6 Å².